The van der Waals surface area contributed by atoms with Crippen LogP contribution in [0.4, 0.5) is 0 Å². The van der Waals surface area contributed by atoms with Crippen molar-refractivity contribution >= 4 is 21.9 Å². The Balaban J connectivity index is 2.01. The van der Waals surface area contributed by atoms with Crippen LogP contribution in [0.25, 0.3) is 0 Å². The summed E-state index contributed by atoms with van der Waals surface area (Å²) in [4.78, 5) is 11.5. The number of carbonyl (C=O) groups is 1. The second-order valence-electron chi connectivity index (χ2n) is 3.46. The van der Waals surface area contributed by atoms with Gasteiger partial charge in [-0.3, -0.25) is 0 Å². The molecule has 0 aliphatic carbocycles. The summed E-state index contributed by atoms with van der Waals surface area (Å²) < 4.78 is 5.99. The van der Waals surface area contributed by atoms with Gasteiger partial charge in [0.05, 0.1) is 0 Å². The van der Waals surface area contributed by atoms with Gasteiger partial charge in [-0.1, -0.05) is 40.0 Å². The lowest BCUT2D eigenvalue weighted by molar-refractivity contribution is -0.128. The minimum absolute atomic E-state index is 0.477. The third-order valence-electron chi connectivity index (χ3n) is 2.11. The van der Waals surface area contributed by atoms with E-state index in [4.69, 9.17) is 4.74 Å². The molecule has 0 aromatic heterocycles. The van der Waals surface area contributed by atoms with Crippen LogP contribution >= 0.6 is 15.9 Å². The van der Waals surface area contributed by atoms with E-state index in [0.29, 0.717) is 5.75 Å². The van der Waals surface area contributed by atoms with Gasteiger partial charge in [0.1, 0.15) is 5.75 Å². The Morgan fingerprint density at radius 1 is 1.00 bits per heavy atom. The minimum atomic E-state index is -0.568. The predicted molar refractivity (Wildman–Crippen MR) is 73.1 cm³/mol. The van der Waals surface area contributed by atoms with Gasteiger partial charge in [-0.2, -0.15) is 0 Å². The number of carbonyl (C=O) groups excluding carboxylic acids is 1. The average molecular weight is 301 g/mol. The quantitative estimate of drug-likeness (QED) is 0.458. The Hall–Kier alpha value is -2.05. The molecule has 0 atom stereocenters. The Bertz CT molecular complexity index is 592. The van der Waals surface area contributed by atoms with Crippen LogP contribution in [0, 0.1) is 11.8 Å². The summed E-state index contributed by atoms with van der Waals surface area (Å²) in [6.45, 7) is 0. The van der Waals surface area contributed by atoms with Crippen LogP contribution in [-0.2, 0) is 4.79 Å². The molecule has 0 radical (unpaired) electrons. The highest BCUT2D eigenvalue weighted by molar-refractivity contribution is 9.10. The molecule has 0 bridgehead atoms. The Morgan fingerprint density at radius 3 is 2.33 bits per heavy atom. The Labute approximate surface area is 114 Å². The molecule has 0 N–H and O–H groups in total. The highest BCUT2D eigenvalue weighted by atomic mass is 79.9. The number of hydrogen-bond acceptors (Lipinski definition) is 2. The van der Waals surface area contributed by atoms with Gasteiger partial charge in [-0.15, -0.1) is 0 Å². The van der Waals surface area contributed by atoms with E-state index in [-0.39, 0.29) is 0 Å². The van der Waals surface area contributed by atoms with Crippen molar-refractivity contribution in [3.63, 3.8) is 0 Å². The van der Waals surface area contributed by atoms with E-state index in [2.05, 4.69) is 27.8 Å². The minimum Gasteiger partial charge on any atom is -0.417 e. The maximum absolute atomic E-state index is 11.5. The first kappa shape index (κ1) is 12.4. The van der Waals surface area contributed by atoms with Gasteiger partial charge in [-0.05, 0) is 36.4 Å². The standard InChI is InChI=1S/C15H9BrO2/c16-13-7-9-14(10-8-13)18-15(17)11-6-12-4-2-1-3-5-12/h1-5,7-10H. The number of hydrogen-bond donors (Lipinski definition) is 0. The number of benzene rings is 2. The molecule has 3 heteroatoms. The monoisotopic (exact) mass is 300 g/mol. The van der Waals surface area contributed by atoms with Crippen molar-refractivity contribution in [2.75, 3.05) is 0 Å². The van der Waals surface area contributed by atoms with Crippen LogP contribution < -0.4 is 4.74 Å². The van der Waals surface area contributed by atoms with E-state index < -0.39 is 5.97 Å². The lowest BCUT2D eigenvalue weighted by Gasteiger charge is -1.98. The maximum Gasteiger partial charge on any atom is 0.390 e. The highest BCUT2D eigenvalue weighted by Crippen LogP contribution is 2.15. The zero-order valence-electron chi connectivity index (χ0n) is 9.39. The molecule has 2 aromatic rings. The number of halogens is 1. The van der Waals surface area contributed by atoms with Crippen molar-refractivity contribution in [2.24, 2.45) is 0 Å². The lowest BCUT2D eigenvalue weighted by atomic mass is 10.2. The fourth-order valence-corrected chi connectivity index (χ4v) is 1.54. The first-order valence-electron chi connectivity index (χ1n) is 5.28. The summed E-state index contributed by atoms with van der Waals surface area (Å²) in [7, 11) is 0. The molecule has 0 spiro atoms. The van der Waals surface area contributed by atoms with Crippen molar-refractivity contribution in [3.8, 4) is 17.6 Å². The van der Waals surface area contributed by atoms with Gasteiger partial charge >= 0.3 is 5.97 Å². The summed E-state index contributed by atoms with van der Waals surface area (Å²) in [5.74, 6) is 5.09. The van der Waals surface area contributed by atoms with Crippen LogP contribution in [-0.4, -0.2) is 5.97 Å². The molecular weight excluding hydrogens is 292 g/mol. The molecule has 2 aromatic carbocycles. The molecule has 0 fully saturated rings. The van der Waals surface area contributed by atoms with Crippen molar-refractivity contribution in [3.05, 3.63) is 64.6 Å². The van der Waals surface area contributed by atoms with Crippen molar-refractivity contribution in [2.45, 2.75) is 0 Å². The van der Waals surface area contributed by atoms with Gasteiger partial charge in [0, 0.05) is 16.0 Å². The number of esters is 1. The van der Waals surface area contributed by atoms with E-state index in [1.807, 2.05) is 30.3 Å². The lowest BCUT2D eigenvalue weighted by Crippen LogP contribution is -2.04. The second kappa shape index (κ2) is 6.04. The van der Waals surface area contributed by atoms with Gasteiger partial charge in [0.15, 0.2) is 0 Å². The van der Waals surface area contributed by atoms with Crippen molar-refractivity contribution in [1.82, 2.24) is 0 Å². The van der Waals surface area contributed by atoms with Crippen LogP contribution in [0.5, 0.6) is 5.75 Å². The zero-order chi connectivity index (χ0) is 12.8. The molecular formula is C15H9BrO2. The number of ether oxygens (including phenoxy) is 1. The molecule has 0 amide bonds. The molecule has 0 unspecified atom stereocenters. The van der Waals surface area contributed by atoms with Gasteiger partial charge < -0.3 is 4.74 Å². The fourth-order valence-electron chi connectivity index (χ4n) is 1.28. The molecule has 0 saturated heterocycles. The van der Waals surface area contributed by atoms with Crippen LogP contribution in [0.1, 0.15) is 5.56 Å². The first-order chi connectivity index (χ1) is 8.74. The molecule has 2 rings (SSSR count). The van der Waals surface area contributed by atoms with Crippen LogP contribution in [0.3, 0.4) is 0 Å². The summed E-state index contributed by atoms with van der Waals surface area (Å²) in [5.41, 5.74) is 0.783. The van der Waals surface area contributed by atoms with Crippen LogP contribution in [0.15, 0.2) is 59.1 Å². The zero-order valence-corrected chi connectivity index (χ0v) is 11.0. The highest BCUT2D eigenvalue weighted by Gasteiger charge is 1.99. The van der Waals surface area contributed by atoms with Crippen molar-refractivity contribution in [1.29, 1.82) is 0 Å². The first-order valence-corrected chi connectivity index (χ1v) is 6.08. The third-order valence-corrected chi connectivity index (χ3v) is 2.64. The molecule has 0 heterocycles. The predicted octanol–water partition coefficient (Wildman–Crippen LogP) is 3.41. The normalized spacial score (nSPS) is 9.17. The SMILES string of the molecule is O=C(C#Cc1ccccc1)Oc1ccc(Br)cc1. The topological polar surface area (TPSA) is 26.3 Å². The molecule has 0 aliphatic heterocycles. The molecule has 0 saturated carbocycles. The van der Waals surface area contributed by atoms with Gasteiger partial charge in [0.2, 0.25) is 0 Å². The fraction of sp³-hybridized carbons (Fsp3) is 0. The van der Waals surface area contributed by atoms with E-state index in [9.17, 15) is 4.79 Å². The van der Waals surface area contributed by atoms with E-state index in [1.165, 1.54) is 0 Å². The van der Waals surface area contributed by atoms with Gasteiger partial charge in [-0.25, -0.2) is 4.79 Å². The summed E-state index contributed by atoms with van der Waals surface area (Å²) >= 11 is 3.30. The maximum atomic E-state index is 11.5. The molecule has 18 heavy (non-hydrogen) atoms. The largest absolute Gasteiger partial charge is 0.417 e. The second-order valence-corrected chi connectivity index (χ2v) is 4.38. The van der Waals surface area contributed by atoms with E-state index in [1.54, 1.807) is 24.3 Å². The molecule has 0 aliphatic rings. The van der Waals surface area contributed by atoms with E-state index >= 15 is 0 Å². The Kier molecular flexibility index (Phi) is 4.16. The van der Waals surface area contributed by atoms with Crippen molar-refractivity contribution < 1.29 is 9.53 Å². The smallest absolute Gasteiger partial charge is 0.390 e. The summed E-state index contributed by atoms with van der Waals surface area (Å²) in [6, 6.07) is 16.3. The average Bonchev–Trinajstić information content (AvgIpc) is 2.40. The third kappa shape index (κ3) is 3.76. The summed E-state index contributed by atoms with van der Waals surface area (Å²) in [6.07, 6.45) is 0. The van der Waals surface area contributed by atoms with E-state index in [0.717, 1.165) is 10.0 Å². The Morgan fingerprint density at radius 2 is 1.67 bits per heavy atom. The van der Waals surface area contributed by atoms with Crippen LogP contribution in [0.2, 0.25) is 0 Å². The molecule has 2 nitrogen and oxygen atoms in total. The van der Waals surface area contributed by atoms with Gasteiger partial charge in [0.25, 0.3) is 0 Å². The number of rotatable bonds is 1. The molecule has 88 valence electrons. The summed E-state index contributed by atoms with van der Waals surface area (Å²) in [5, 5.41) is 0.